The SMILES string of the molecule is CCC1(OC(C)=O)C(=O)OCc2c1cc1n(c2=O)Cc2c-1nc1cccc([N+](=O)[O-])c1c2Cl. The number of halogens is 1. The van der Waals surface area contributed by atoms with Crippen molar-refractivity contribution in [1.82, 2.24) is 9.55 Å². The number of benzene rings is 1. The van der Waals surface area contributed by atoms with E-state index in [1.807, 2.05) is 0 Å². The van der Waals surface area contributed by atoms with Crippen LogP contribution in [0.1, 0.15) is 37.0 Å². The van der Waals surface area contributed by atoms with Crippen LogP contribution in [0.2, 0.25) is 5.02 Å². The summed E-state index contributed by atoms with van der Waals surface area (Å²) in [6, 6.07) is 6.04. The number of nitro groups is 1. The Morgan fingerprint density at radius 1 is 1.36 bits per heavy atom. The fourth-order valence-electron chi connectivity index (χ4n) is 4.61. The number of rotatable bonds is 3. The van der Waals surface area contributed by atoms with Crippen molar-refractivity contribution in [1.29, 1.82) is 0 Å². The molecule has 2 aromatic heterocycles. The van der Waals surface area contributed by atoms with Gasteiger partial charge in [0.05, 0.1) is 44.3 Å². The number of cyclic esters (lactones) is 1. The summed E-state index contributed by atoms with van der Waals surface area (Å²) < 4.78 is 12.1. The van der Waals surface area contributed by atoms with E-state index >= 15 is 0 Å². The number of nitrogens with zero attached hydrogens (tertiary/aromatic N) is 3. The quantitative estimate of drug-likeness (QED) is 0.254. The molecule has 11 heteroatoms. The molecule has 0 saturated heterocycles. The number of hydrogen-bond acceptors (Lipinski definition) is 8. The van der Waals surface area contributed by atoms with Crippen molar-refractivity contribution in [2.75, 3.05) is 0 Å². The van der Waals surface area contributed by atoms with Crippen LogP contribution in [0.15, 0.2) is 29.1 Å². The topological polar surface area (TPSA) is 131 Å². The summed E-state index contributed by atoms with van der Waals surface area (Å²) in [7, 11) is 0. The third kappa shape index (κ3) is 2.80. The second-order valence-corrected chi connectivity index (χ2v) is 8.22. The number of fused-ring (bicyclic) bond motifs is 5. The first-order valence-electron chi connectivity index (χ1n) is 10.1. The standard InChI is InChI=1S/C22H16ClN3O7/c1-3-22(33-10(2)27)13-7-16-19-11(8-25(16)20(28)12(13)9-32-21(22)29)18(23)17-14(24-19)5-4-6-15(17)26(30)31/h4-7H,3,8-9H2,1-2H3. The molecule has 0 fully saturated rings. The smallest absolute Gasteiger partial charge is 0.355 e. The molecule has 4 heterocycles. The Morgan fingerprint density at radius 2 is 2.12 bits per heavy atom. The highest BCUT2D eigenvalue weighted by Gasteiger charge is 2.50. The van der Waals surface area contributed by atoms with Gasteiger partial charge in [-0.25, -0.2) is 9.78 Å². The maximum Gasteiger partial charge on any atom is 0.355 e. The molecule has 0 amide bonds. The maximum absolute atomic E-state index is 13.4. The summed E-state index contributed by atoms with van der Waals surface area (Å²) in [6.07, 6.45) is 0.0618. The first-order chi connectivity index (χ1) is 15.7. The third-order valence-corrected chi connectivity index (χ3v) is 6.52. The summed E-state index contributed by atoms with van der Waals surface area (Å²) in [5, 5.41) is 11.8. The van der Waals surface area contributed by atoms with Crippen molar-refractivity contribution >= 4 is 40.1 Å². The Kier molecular flexibility index (Phi) is 4.54. The van der Waals surface area contributed by atoms with E-state index < -0.39 is 28.0 Å². The molecule has 3 aromatic rings. The predicted molar refractivity (Wildman–Crippen MR) is 116 cm³/mol. The van der Waals surface area contributed by atoms with Gasteiger partial charge in [0.2, 0.25) is 5.60 Å². The van der Waals surface area contributed by atoms with E-state index in [9.17, 15) is 24.5 Å². The monoisotopic (exact) mass is 469 g/mol. The zero-order valence-corrected chi connectivity index (χ0v) is 18.3. The molecule has 1 unspecified atom stereocenters. The van der Waals surface area contributed by atoms with E-state index in [4.69, 9.17) is 21.1 Å². The van der Waals surface area contributed by atoms with Gasteiger partial charge in [0, 0.05) is 24.1 Å². The molecule has 2 aliphatic heterocycles. The van der Waals surface area contributed by atoms with Crippen LogP contribution in [0.25, 0.3) is 22.3 Å². The van der Waals surface area contributed by atoms with E-state index in [2.05, 4.69) is 4.98 Å². The van der Waals surface area contributed by atoms with E-state index in [0.717, 1.165) is 0 Å². The number of nitro benzene ring substituents is 1. The molecular formula is C22H16ClN3O7. The van der Waals surface area contributed by atoms with Crippen LogP contribution in [-0.2, 0) is 37.8 Å². The van der Waals surface area contributed by atoms with E-state index in [0.29, 0.717) is 22.5 Å². The number of aromatic nitrogens is 2. The van der Waals surface area contributed by atoms with Crippen molar-refractivity contribution in [2.24, 2.45) is 0 Å². The lowest BCUT2D eigenvalue weighted by Gasteiger charge is -2.35. The van der Waals surface area contributed by atoms with Crippen molar-refractivity contribution < 1.29 is 24.0 Å². The molecule has 1 atom stereocenters. The highest BCUT2D eigenvalue weighted by molar-refractivity contribution is 6.37. The zero-order valence-electron chi connectivity index (χ0n) is 17.5. The Balaban J connectivity index is 1.82. The molecule has 2 aliphatic rings. The van der Waals surface area contributed by atoms with E-state index in [-0.39, 0.29) is 46.8 Å². The van der Waals surface area contributed by atoms with Crippen molar-refractivity contribution in [3.63, 3.8) is 0 Å². The summed E-state index contributed by atoms with van der Waals surface area (Å²) in [4.78, 5) is 53.5. The minimum absolute atomic E-state index is 0.0469. The van der Waals surface area contributed by atoms with Gasteiger partial charge in [0.15, 0.2) is 0 Å². The average Bonchev–Trinajstić information content (AvgIpc) is 3.14. The number of pyridine rings is 2. The lowest BCUT2D eigenvalue weighted by Crippen LogP contribution is -2.47. The first-order valence-corrected chi connectivity index (χ1v) is 10.5. The molecule has 10 nitrogen and oxygen atoms in total. The highest BCUT2D eigenvalue weighted by Crippen LogP contribution is 2.44. The molecule has 0 radical (unpaired) electrons. The Hall–Kier alpha value is -3.79. The van der Waals surface area contributed by atoms with Gasteiger partial charge in [-0.05, 0) is 18.6 Å². The number of non-ortho nitro benzene ring substituents is 1. The van der Waals surface area contributed by atoms with Gasteiger partial charge in [-0.3, -0.25) is 19.7 Å². The normalized spacial score (nSPS) is 18.3. The largest absolute Gasteiger partial charge is 0.457 e. The van der Waals surface area contributed by atoms with Crippen LogP contribution >= 0.6 is 11.6 Å². The Morgan fingerprint density at radius 3 is 2.79 bits per heavy atom. The van der Waals surface area contributed by atoms with Crippen LogP contribution in [0.3, 0.4) is 0 Å². The van der Waals surface area contributed by atoms with Crippen LogP contribution < -0.4 is 5.56 Å². The molecule has 33 heavy (non-hydrogen) atoms. The van der Waals surface area contributed by atoms with Gasteiger partial charge in [-0.1, -0.05) is 24.6 Å². The molecule has 0 bridgehead atoms. The molecule has 168 valence electrons. The number of carbonyl (C=O) groups is 2. The van der Waals surface area contributed by atoms with Crippen molar-refractivity contribution in [2.45, 2.75) is 39.0 Å². The molecule has 0 spiro atoms. The third-order valence-electron chi connectivity index (χ3n) is 6.11. The zero-order chi connectivity index (χ0) is 23.7. The number of hydrogen-bond donors (Lipinski definition) is 0. The molecular weight excluding hydrogens is 454 g/mol. The second-order valence-electron chi connectivity index (χ2n) is 7.84. The summed E-state index contributed by atoms with van der Waals surface area (Å²) >= 11 is 6.61. The maximum atomic E-state index is 13.4. The first kappa shape index (κ1) is 21.1. The van der Waals surface area contributed by atoms with Gasteiger partial charge in [0.25, 0.3) is 11.2 Å². The van der Waals surface area contributed by atoms with Gasteiger partial charge in [-0.2, -0.15) is 0 Å². The molecule has 5 rings (SSSR count). The number of esters is 2. The summed E-state index contributed by atoms with van der Waals surface area (Å²) in [5.41, 5.74) is -0.424. The van der Waals surface area contributed by atoms with Crippen LogP contribution in [0.4, 0.5) is 5.69 Å². The minimum Gasteiger partial charge on any atom is -0.457 e. The lowest BCUT2D eigenvalue weighted by molar-refractivity contribution is -0.383. The second kappa shape index (κ2) is 7.11. The van der Waals surface area contributed by atoms with Crippen LogP contribution in [0.5, 0.6) is 0 Å². The molecule has 0 N–H and O–H groups in total. The fourth-order valence-corrected chi connectivity index (χ4v) is 4.95. The van der Waals surface area contributed by atoms with Crippen LogP contribution in [0, 0.1) is 10.1 Å². The highest BCUT2D eigenvalue weighted by atomic mass is 35.5. The van der Waals surface area contributed by atoms with Gasteiger partial charge in [0.1, 0.15) is 6.61 Å². The number of carbonyl (C=O) groups excluding carboxylic acids is 2. The molecule has 1 aromatic carbocycles. The number of ether oxygens (including phenoxy) is 2. The predicted octanol–water partition coefficient (Wildman–Crippen LogP) is 3.21. The van der Waals surface area contributed by atoms with Gasteiger partial charge in [-0.15, -0.1) is 0 Å². The average molecular weight is 470 g/mol. The van der Waals surface area contributed by atoms with E-state index in [1.54, 1.807) is 19.1 Å². The summed E-state index contributed by atoms with van der Waals surface area (Å²) in [5.74, 6) is -1.45. The Bertz CT molecular complexity index is 1480. The minimum atomic E-state index is -1.75. The van der Waals surface area contributed by atoms with Gasteiger partial charge >= 0.3 is 11.9 Å². The molecule has 0 aliphatic carbocycles. The summed E-state index contributed by atoms with van der Waals surface area (Å²) in [6.45, 7) is 2.61. The van der Waals surface area contributed by atoms with Crippen molar-refractivity contribution in [3.8, 4) is 11.4 Å². The lowest BCUT2D eigenvalue weighted by atomic mass is 9.85. The molecule has 0 saturated carbocycles. The van der Waals surface area contributed by atoms with Crippen molar-refractivity contribution in [3.05, 3.63) is 66.4 Å². The van der Waals surface area contributed by atoms with Gasteiger partial charge < -0.3 is 14.0 Å². The van der Waals surface area contributed by atoms with Crippen LogP contribution in [-0.4, -0.2) is 26.4 Å². The fraction of sp³-hybridized carbons (Fsp3) is 0.273. The van der Waals surface area contributed by atoms with E-state index in [1.165, 1.54) is 23.6 Å². The Labute approximate surface area is 190 Å².